The lowest BCUT2D eigenvalue weighted by molar-refractivity contribution is -0.119. The summed E-state index contributed by atoms with van der Waals surface area (Å²) in [5.41, 5.74) is 1.07. The maximum atomic E-state index is 11.6. The topological polar surface area (TPSA) is 70.6 Å². The van der Waals surface area contributed by atoms with E-state index in [1.54, 1.807) is 6.92 Å². The molecule has 8 heteroatoms. The molecule has 1 N–H and O–H groups in total. The first kappa shape index (κ1) is 20.1. The highest BCUT2D eigenvalue weighted by Crippen LogP contribution is 2.42. The number of hydrogen-bond donors (Lipinski definition) is 1. The van der Waals surface area contributed by atoms with Crippen LogP contribution < -0.4 is 15.1 Å². The quantitative estimate of drug-likeness (QED) is 0.817. The molecule has 1 aromatic rings. The van der Waals surface area contributed by atoms with Gasteiger partial charge >= 0.3 is 0 Å². The molecule has 0 radical (unpaired) electrons. The van der Waals surface area contributed by atoms with E-state index in [0.717, 1.165) is 69.2 Å². The average Bonchev–Trinajstić information content (AvgIpc) is 3.42. The van der Waals surface area contributed by atoms with Gasteiger partial charge in [-0.25, -0.2) is 4.98 Å². The number of rotatable bonds is 5. The number of ether oxygens (including phenoxy) is 1. The molecule has 2 saturated heterocycles. The van der Waals surface area contributed by atoms with Gasteiger partial charge in [-0.1, -0.05) is 6.92 Å². The first-order valence-corrected chi connectivity index (χ1v) is 9.86. The number of hydrogen-bond acceptors (Lipinski definition) is 6. The first-order chi connectivity index (χ1) is 12.6. The minimum Gasteiger partial charge on any atom is -0.378 e. The van der Waals surface area contributed by atoms with Crippen LogP contribution in [0.15, 0.2) is 6.07 Å². The van der Waals surface area contributed by atoms with E-state index < -0.39 is 0 Å². The van der Waals surface area contributed by atoms with Crippen LogP contribution in [0.1, 0.15) is 32.4 Å². The Morgan fingerprint density at radius 2 is 1.96 bits per heavy atom. The molecule has 2 aliphatic heterocycles. The van der Waals surface area contributed by atoms with Crippen molar-refractivity contribution in [3.63, 3.8) is 0 Å². The third-order valence-electron chi connectivity index (χ3n) is 5.72. The van der Waals surface area contributed by atoms with E-state index in [1.165, 1.54) is 12.8 Å². The van der Waals surface area contributed by atoms with Gasteiger partial charge in [-0.05, 0) is 25.2 Å². The lowest BCUT2D eigenvalue weighted by atomic mass is 9.98. The van der Waals surface area contributed by atoms with Crippen molar-refractivity contribution in [3.05, 3.63) is 11.8 Å². The maximum absolute atomic E-state index is 11.6. The molecular formula is C19H30ClN5O2. The predicted octanol–water partition coefficient (Wildman–Crippen LogP) is 1.65. The van der Waals surface area contributed by atoms with Gasteiger partial charge in [0, 0.05) is 50.8 Å². The van der Waals surface area contributed by atoms with Crippen LogP contribution in [0.4, 0.5) is 11.8 Å². The Morgan fingerprint density at radius 1 is 1.22 bits per heavy atom. The van der Waals surface area contributed by atoms with E-state index in [4.69, 9.17) is 14.7 Å². The molecule has 1 aromatic heterocycles. The second kappa shape index (κ2) is 8.61. The lowest BCUT2D eigenvalue weighted by Crippen LogP contribution is -2.40. The molecule has 0 spiro atoms. The number of amides is 1. The fourth-order valence-corrected chi connectivity index (χ4v) is 4.15. The van der Waals surface area contributed by atoms with E-state index in [2.05, 4.69) is 28.1 Å². The molecular weight excluding hydrogens is 366 g/mol. The van der Waals surface area contributed by atoms with Gasteiger partial charge in [0.1, 0.15) is 5.82 Å². The monoisotopic (exact) mass is 395 g/mol. The third kappa shape index (κ3) is 4.63. The Bertz CT molecular complexity index is 664. The van der Waals surface area contributed by atoms with Crippen molar-refractivity contribution < 1.29 is 9.53 Å². The number of aromatic nitrogens is 2. The van der Waals surface area contributed by atoms with E-state index in [1.807, 2.05) is 0 Å². The fraction of sp³-hybridized carbons (Fsp3) is 0.737. The van der Waals surface area contributed by atoms with Gasteiger partial charge in [0.2, 0.25) is 11.9 Å². The second-order valence-electron chi connectivity index (χ2n) is 7.68. The minimum atomic E-state index is 0. The third-order valence-corrected chi connectivity index (χ3v) is 5.72. The number of morpholine rings is 1. The predicted molar refractivity (Wildman–Crippen MR) is 108 cm³/mol. The Kier molecular flexibility index (Phi) is 6.42. The fourth-order valence-electron chi connectivity index (χ4n) is 4.15. The van der Waals surface area contributed by atoms with Crippen molar-refractivity contribution in [1.82, 2.24) is 15.3 Å². The van der Waals surface area contributed by atoms with Crippen LogP contribution in [0.2, 0.25) is 0 Å². The maximum Gasteiger partial charge on any atom is 0.227 e. The van der Waals surface area contributed by atoms with Crippen LogP contribution in [0, 0.1) is 11.8 Å². The number of aryl methyl sites for hydroxylation is 1. The molecule has 1 saturated carbocycles. The summed E-state index contributed by atoms with van der Waals surface area (Å²) < 4.78 is 5.46. The van der Waals surface area contributed by atoms with Gasteiger partial charge in [0.25, 0.3) is 0 Å². The Morgan fingerprint density at radius 3 is 2.59 bits per heavy atom. The summed E-state index contributed by atoms with van der Waals surface area (Å²) in [6, 6.07) is 2.34. The molecule has 0 aromatic carbocycles. The molecule has 1 aliphatic carbocycles. The molecule has 3 fully saturated rings. The number of anilines is 2. The summed E-state index contributed by atoms with van der Waals surface area (Å²) in [7, 11) is 0. The molecule has 2 atom stereocenters. The highest BCUT2D eigenvalue weighted by molar-refractivity contribution is 5.85. The molecule has 4 rings (SSSR count). The number of carbonyl (C=O) groups is 1. The van der Waals surface area contributed by atoms with Gasteiger partial charge in [-0.15, -0.1) is 12.4 Å². The molecule has 7 nitrogen and oxygen atoms in total. The summed E-state index contributed by atoms with van der Waals surface area (Å²) in [5, 5.41) is 3.17. The van der Waals surface area contributed by atoms with Crippen molar-refractivity contribution in [3.8, 4) is 0 Å². The van der Waals surface area contributed by atoms with Gasteiger partial charge < -0.3 is 19.9 Å². The zero-order valence-electron chi connectivity index (χ0n) is 16.2. The summed E-state index contributed by atoms with van der Waals surface area (Å²) in [6.45, 7) is 8.69. The zero-order valence-corrected chi connectivity index (χ0v) is 17.0. The standard InChI is InChI=1S/C19H29N5O2.ClH/c1-3-15-10-18(22-19(21-15)23-6-8-26-9-7-23)24-11-16(14-4-5-14)17(12-24)20-13(2)25;/h10,14,16-17H,3-9,11-12H2,1-2H3,(H,20,25);1H/t16-,17+;/m1./s1. The largest absolute Gasteiger partial charge is 0.378 e. The SMILES string of the molecule is CCc1cc(N2C[C@H](NC(C)=O)[C@@H](C3CC3)C2)nc(N2CCOCC2)n1.Cl. The molecule has 0 unspecified atom stereocenters. The second-order valence-corrected chi connectivity index (χ2v) is 7.68. The Labute approximate surface area is 167 Å². The van der Waals surface area contributed by atoms with Crippen LogP contribution in [0.25, 0.3) is 0 Å². The van der Waals surface area contributed by atoms with Crippen LogP contribution >= 0.6 is 12.4 Å². The summed E-state index contributed by atoms with van der Waals surface area (Å²) in [4.78, 5) is 25.8. The van der Waals surface area contributed by atoms with E-state index in [-0.39, 0.29) is 24.4 Å². The minimum absolute atomic E-state index is 0. The van der Waals surface area contributed by atoms with Crippen LogP contribution in [-0.4, -0.2) is 61.3 Å². The van der Waals surface area contributed by atoms with Crippen molar-refractivity contribution in [2.75, 3.05) is 49.2 Å². The Hall–Kier alpha value is -1.60. The molecule has 27 heavy (non-hydrogen) atoms. The highest BCUT2D eigenvalue weighted by Gasteiger charge is 2.43. The number of carbonyl (C=O) groups excluding carboxylic acids is 1. The van der Waals surface area contributed by atoms with Gasteiger partial charge in [-0.2, -0.15) is 4.98 Å². The first-order valence-electron chi connectivity index (χ1n) is 9.86. The normalized spacial score (nSPS) is 25.3. The summed E-state index contributed by atoms with van der Waals surface area (Å²) in [5.74, 6) is 3.16. The smallest absolute Gasteiger partial charge is 0.227 e. The van der Waals surface area contributed by atoms with Crippen LogP contribution in [0.3, 0.4) is 0 Å². The van der Waals surface area contributed by atoms with Crippen LogP contribution in [0.5, 0.6) is 0 Å². The van der Waals surface area contributed by atoms with Crippen molar-refractivity contribution >= 4 is 30.1 Å². The Balaban J connectivity index is 0.00000210. The number of halogens is 1. The van der Waals surface area contributed by atoms with E-state index in [9.17, 15) is 4.79 Å². The molecule has 1 amide bonds. The van der Waals surface area contributed by atoms with Gasteiger partial charge in [0.05, 0.1) is 19.3 Å². The molecule has 3 aliphatic rings. The summed E-state index contributed by atoms with van der Waals surface area (Å²) >= 11 is 0. The van der Waals surface area contributed by atoms with Gasteiger partial charge in [0.15, 0.2) is 0 Å². The molecule has 150 valence electrons. The molecule has 3 heterocycles. The number of nitrogens with zero attached hydrogens (tertiary/aromatic N) is 4. The lowest BCUT2D eigenvalue weighted by Gasteiger charge is -2.28. The summed E-state index contributed by atoms with van der Waals surface area (Å²) in [6.07, 6.45) is 3.47. The van der Waals surface area contributed by atoms with Crippen molar-refractivity contribution in [2.24, 2.45) is 11.8 Å². The van der Waals surface area contributed by atoms with E-state index >= 15 is 0 Å². The zero-order chi connectivity index (χ0) is 18.1. The highest BCUT2D eigenvalue weighted by atomic mass is 35.5. The van der Waals surface area contributed by atoms with E-state index in [0.29, 0.717) is 5.92 Å². The van der Waals surface area contributed by atoms with Crippen LogP contribution in [-0.2, 0) is 16.0 Å². The van der Waals surface area contributed by atoms with Crippen molar-refractivity contribution in [1.29, 1.82) is 0 Å². The van der Waals surface area contributed by atoms with Crippen molar-refractivity contribution in [2.45, 2.75) is 39.2 Å². The number of nitrogens with one attached hydrogen (secondary N) is 1. The molecule has 0 bridgehead atoms. The average molecular weight is 396 g/mol. The van der Waals surface area contributed by atoms with Gasteiger partial charge in [-0.3, -0.25) is 4.79 Å².